The molecule has 6 nitrogen and oxygen atoms in total. The monoisotopic (exact) mass is 258 g/mol. The Hall–Kier alpha value is -1.60. The topological polar surface area (TPSA) is 109 Å². The first kappa shape index (κ1) is 13.5. The molecule has 0 aliphatic carbocycles. The van der Waals surface area contributed by atoms with Crippen molar-refractivity contribution in [1.29, 1.82) is 0 Å². The fourth-order valence-electron chi connectivity index (χ4n) is 1.20. The fourth-order valence-corrected chi connectivity index (χ4v) is 2.32. The maximum Gasteiger partial charge on any atom is 0.240 e. The van der Waals surface area contributed by atoms with E-state index in [1.807, 2.05) is 0 Å². The lowest BCUT2D eigenvalue weighted by Crippen LogP contribution is -2.25. The summed E-state index contributed by atoms with van der Waals surface area (Å²) in [6, 6.07) is 5.34. The molecule has 0 heterocycles. The Morgan fingerprint density at radius 2 is 2.12 bits per heavy atom. The molecule has 0 radical (unpaired) electrons. The lowest BCUT2D eigenvalue weighted by Gasteiger charge is -2.06. The molecule has 1 rings (SSSR count). The first-order valence-electron chi connectivity index (χ1n) is 4.99. The van der Waals surface area contributed by atoms with Crippen LogP contribution < -0.4 is 10.5 Å². The number of primary amides is 1. The summed E-state index contributed by atoms with van der Waals surface area (Å²) in [7, 11) is -3.64. The van der Waals surface area contributed by atoms with Gasteiger partial charge in [0.15, 0.2) is 0 Å². The molecular weight excluding hydrogens is 244 g/mol. The highest BCUT2D eigenvalue weighted by molar-refractivity contribution is 7.89. The summed E-state index contributed by atoms with van der Waals surface area (Å²) < 4.78 is 25.7. The van der Waals surface area contributed by atoms with Crippen LogP contribution in [-0.4, -0.2) is 26.0 Å². The number of phenolic OH excluding ortho intramolecular Hbond substituents is 1. The van der Waals surface area contributed by atoms with Crippen LogP contribution in [0.4, 0.5) is 0 Å². The molecule has 1 aromatic carbocycles. The van der Waals surface area contributed by atoms with Gasteiger partial charge in [0.1, 0.15) is 5.75 Å². The molecule has 0 bridgehead atoms. The number of aromatic hydroxyl groups is 1. The molecular formula is C10H14N2O4S. The second-order valence-corrected chi connectivity index (χ2v) is 5.23. The lowest BCUT2D eigenvalue weighted by atomic mass is 10.3. The zero-order valence-corrected chi connectivity index (χ0v) is 9.90. The Morgan fingerprint density at radius 3 is 2.71 bits per heavy atom. The van der Waals surface area contributed by atoms with Crippen molar-refractivity contribution < 1.29 is 18.3 Å². The van der Waals surface area contributed by atoms with Crippen molar-refractivity contribution in [3.8, 4) is 5.75 Å². The molecule has 0 aliphatic rings. The van der Waals surface area contributed by atoms with Gasteiger partial charge >= 0.3 is 0 Å². The predicted molar refractivity (Wildman–Crippen MR) is 61.7 cm³/mol. The van der Waals surface area contributed by atoms with E-state index in [0.717, 1.165) is 6.07 Å². The van der Waals surface area contributed by atoms with Crippen molar-refractivity contribution in [1.82, 2.24) is 4.72 Å². The van der Waals surface area contributed by atoms with Gasteiger partial charge in [-0.1, -0.05) is 6.07 Å². The molecule has 7 heteroatoms. The highest BCUT2D eigenvalue weighted by Crippen LogP contribution is 2.15. The summed E-state index contributed by atoms with van der Waals surface area (Å²) in [6.45, 7) is 0.126. The fraction of sp³-hybridized carbons (Fsp3) is 0.300. The van der Waals surface area contributed by atoms with Gasteiger partial charge < -0.3 is 10.8 Å². The highest BCUT2D eigenvalue weighted by Gasteiger charge is 2.13. The van der Waals surface area contributed by atoms with Crippen LogP contribution in [0.1, 0.15) is 12.8 Å². The van der Waals surface area contributed by atoms with Crippen LogP contribution in [0.3, 0.4) is 0 Å². The third-order valence-corrected chi connectivity index (χ3v) is 3.48. The van der Waals surface area contributed by atoms with Crippen molar-refractivity contribution in [2.75, 3.05) is 6.54 Å². The smallest absolute Gasteiger partial charge is 0.240 e. The molecule has 0 aromatic heterocycles. The third-order valence-electron chi connectivity index (χ3n) is 2.02. The Morgan fingerprint density at radius 1 is 1.41 bits per heavy atom. The van der Waals surface area contributed by atoms with Gasteiger partial charge in [-0.25, -0.2) is 13.1 Å². The number of sulfonamides is 1. The third kappa shape index (κ3) is 4.41. The van der Waals surface area contributed by atoms with E-state index >= 15 is 0 Å². The van der Waals surface area contributed by atoms with Gasteiger partial charge in [0.25, 0.3) is 0 Å². The van der Waals surface area contributed by atoms with E-state index in [2.05, 4.69) is 4.72 Å². The van der Waals surface area contributed by atoms with Gasteiger partial charge in [0.05, 0.1) is 4.90 Å². The Balaban J connectivity index is 2.60. The zero-order valence-electron chi connectivity index (χ0n) is 9.09. The molecule has 4 N–H and O–H groups in total. The Labute approximate surface area is 99.5 Å². The number of nitrogens with two attached hydrogens (primary N) is 1. The zero-order chi connectivity index (χ0) is 12.9. The van der Waals surface area contributed by atoms with Crippen molar-refractivity contribution in [3.63, 3.8) is 0 Å². The Bertz CT molecular complexity index is 499. The van der Waals surface area contributed by atoms with E-state index in [1.54, 1.807) is 0 Å². The van der Waals surface area contributed by atoms with Gasteiger partial charge in [0.2, 0.25) is 15.9 Å². The van der Waals surface area contributed by atoms with Gasteiger partial charge in [-0.2, -0.15) is 0 Å². The molecule has 94 valence electrons. The highest BCUT2D eigenvalue weighted by atomic mass is 32.2. The molecule has 1 amide bonds. The van der Waals surface area contributed by atoms with Crippen LogP contribution in [0.2, 0.25) is 0 Å². The Kier molecular flexibility index (Phi) is 4.47. The van der Waals surface area contributed by atoms with Gasteiger partial charge in [-0.3, -0.25) is 4.79 Å². The summed E-state index contributed by atoms with van der Waals surface area (Å²) in [5, 5.41) is 9.17. The maximum absolute atomic E-state index is 11.7. The second-order valence-electron chi connectivity index (χ2n) is 3.46. The van der Waals surface area contributed by atoms with E-state index in [1.165, 1.54) is 18.2 Å². The predicted octanol–water partition coefficient (Wildman–Crippen LogP) is -0.0640. The minimum Gasteiger partial charge on any atom is -0.508 e. The summed E-state index contributed by atoms with van der Waals surface area (Å²) >= 11 is 0. The quantitative estimate of drug-likeness (QED) is 0.621. The van der Waals surface area contributed by atoms with Crippen LogP contribution in [-0.2, 0) is 14.8 Å². The number of rotatable bonds is 6. The van der Waals surface area contributed by atoms with E-state index in [-0.39, 0.29) is 23.6 Å². The van der Waals surface area contributed by atoms with E-state index < -0.39 is 15.9 Å². The van der Waals surface area contributed by atoms with Gasteiger partial charge in [-0.15, -0.1) is 0 Å². The standard InChI is InChI=1S/C10H14N2O4S/c11-10(14)5-2-6-12-17(15,16)9-4-1-3-8(13)7-9/h1,3-4,7,12-13H,2,5-6H2,(H2,11,14). The van der Waals surface area contributed by atoms with Crippen LogP contribution >= 0.6 is 0 Å². The van der Waals surface area contributed by atoms with Gasteiger partial charge in [-0.05, 0) is 24.6 Å². The molecule has 0 fully saturated rings. The molecule has 0 unspecified atom stereocenters. The van der Waals surface area contributed by atoms with E-state index in [9.17, 15) is 13.2 Å². The molecule has 0 aliphatic heterocycles. The molecule has 1 aromatic rings. The summed E-state index contributed by atoms with van der Waals surface area (Å²) in [5.74, 6) is -0.591. The number of hydrogen-bond acceptors (Lipinski definition) is 4. The number of carbonyl (C=O) groups is 1. The summed E-state index contributed by atoms with van der Waals surface area (Å²) in [4.78, 5) is 10.4. The molecule has 17 heavy (non-hydrogen) atoms. The van der Waals surface area contributed by atoms with E-state index in [0.29, 0.717) is 6.42 Å². The first-order chi connectivity index (χ1) is 7.92. The van der Waals surface area contributed by atoms with Gasteiger partial charge in [0, 0.05) is 13.0 Å². The number of carbonyl (C=O) groups excluding carboxylic acids is 1. The largest absolute Gasteiger partial charge is 0.508 e. The maximum atomic E-state index is 11.7. The summed E-state index contributed by atoms with van der Waals surface area (Å²) in [6.07, 6.45) is 0.468. The van der Waals surface area contributed by atoms with Crippen LogP contribution in [0.5, 0.6) is 5.75 Å². The van der Waals surface area contributed by atoms with Crippen molar-refractivity contribution >= 4 is 15.9 Å². The second kappa shape index (κ2) is 5.65. The van der Waals surface area contributed by atoms with Crippen molar-refractivity contribution in [2.24, 2.45) is 5.73 Å². The average molecular weight is 258 g/mol. The molecule has 0 spiro atoms. The minimum absolute atomic E-state index is 0.0171. The number of nitrogens with one attached hydrogen (secondary N) is 1. The normalized spacial score (nSPS) is 11.3. The number of benzene rings is 1. The minimum atomic E-state index is -3.64. The lowest BCUT2D eigenvalue weighted by molar-refractivity contribution is -0.118. The number of hydrogen-bond donors (Lipinski definition) is 3. The molecule has 0 saturated carbocycles. The molecule has 0 atom stereocenters. The van der Waals surface area contributed by atoms with Crippen LogP contribution in [0, 0.1) is 0 Å². The summed E-state index contributed by atoms with van der Waals surface area (Å²) in [5.41, 5.74) is 4.92. The van der Waals surface area contributed by atoms with Crippen LogP contribution in [0.25, 0.3) is 0 Å². The number of phenols is 1. The van der Waals surface area contributed by atoms with Crippen molar-refractivity contribution in [2.45, 2.75) is 17.7 Å². The van der Waals surface area contributed by atoms with Crippen LogP contribution in [0.15, 0.2) is 29.2 Å². The molecule has 0 saturated heterocycles. The first-order valence-corrected chi connectivity index (χ1v) is 6.47. The average Bonchev–Trinajstić information content (AvgIpc) is 2.24. The number of amides is 1. The van der Waals surface area contributed by atoms with Crippen molar-refractivity contribution in [3.05, 3.63) is 24.3 Å². The van der Waals surface area contributed by atoms with E-state index in [4.69, 9.17) is 10.8 Å². The SMILES string of the molecule is NC(=O)CCCNS(=O)(=O)c1cccc(O)c1.